The molecule has 0 spiro atoms. The molecule has 0 aliphatic carbocycles. The second kappa shape index (κ2) is 626. The van der Waals surface area contributed by atoms with Gasteiger partial charge in [-0.2, -0.15) is 0 Å². The Labute approximate surface area is 39.4 Å². The van der Waals surface area contributed by atoms with Gasteiger partial charge in [0.1, 0.15) is 0 Å². The average molecular weight is 153 g/mol. The lowest BCUT2D eigenvalue weighted by Gasteiger charge is -1.00. The van der Waals surface area contributed by atoms with E-state index in [9.17, 15) is 0 Å². The predicted molar refractivity (Wildman–Crippen MR) is 6.73 cm³/mol. The van der Waals surface area contributed by atoms with Gasteiger partial charge in [-0.3, -0.25) is 0 Å². The van der Waals surface area contributed by atoms with Gasteiger partial charge < -0.3 is 31.1 Å². The first-order chi connectivity index (χ1) is 0. The van der Waals surface area contributed by atoms with Gasteiger partial charge in [-0.1, -0.05) is 7.43 Å². The highest BCUT2D eigenvalue weighted by atomic mass is 79.9. The first kappa shape index (κ1) is 1320. The zero-order valence-electron chi connectivity index (χ0n) is 1.51. The highest BCUT2D eigenvalue weighted by molar-refractivity contribution is 2.50. The van der Waals surface area contributed by atoms with Crippen LogP contribution in [0.2, 0.25) is 0 Å². The van der Waals surface area contributed by atoms with Crippen LogP contribution in [0.5, 0.6) is 0 Å². The minimum Gasteiger partial charge on any atom is -1.00 e. The van der Waals surface area contributed by atoms with Crippen molar-refractivity contribution in [1.29, 1.82) is 0 Å². The minimum atomic E-state index is 0. The molecule has 0 aromatic rings. The Balaban J connectivity index is 0. The van der Waals surface area contributed by atoms with Crippen LogP contribution in [-0.2, 0) is 0 Å². The Morgan fingerprint density at radius 2 is 0.600 bits per heavy atom. The van der Waals surface area contributed by atoms with Gasteiger partial charge in [0, 0.05) is 0 Å². The summed E-state index contributed by atoms with van der Waals surface area (Å²) < 4.78 is 0. The van der Waals surface area contributed by atoms with Crippen molar-refractivity contribution in [3.05, 3.63) is 0 Å². The third kappa shape index (κ3) is 302. The molecule has 0 aromatic carbocycles. The highest BCUT2D eigenvalue weighted by Crippen LogP contribution is 0.144. The van der Waals surface area contributed by atoms with Crippen LogP contribution in [0.3, 0.4) is 0 Å². The summed E-state index contributed by atoms with van der Waals surface area (Å²) >= 11 is 0. The summed E-state index contributed by atoms with van der Waals surface area (Å²) in [5, 5.41) is 0. The van der Waals surface area contributed by atoms with E-state index in [1.807, 2.05) is 0 Å². The van der Waals surface area contributed by atoms with Crippen molar-refractivity contribution in [2.24, 2.45) is 0 Å². The largest absolute Gasteiger partial charge is 1.00 e. The van der Waals surface area contributed by atoms with Crippen LogP contribution in [0.4, 0.5) is 0 Å². The summed E-state index contributed by atoms with van der Waals surface area (Å²) in [6, 6.07) is 0. The van der Waals surface area contributed by atoms with E-state index in [0.29, 0.717) is 0 Å². The van der Waals surface area contributed by atoms with Crippen LogP contribution in [0.1, 0.15) is 7.43 Å². The fourth-order valence-electron chi connectivity index (χ4n) is 0. The fourth-order valence-corrected chi connectivity index (χ4v) is 0. The lowest BCUT2D eigenvalue weighted by atomic mass is 12.0. The molecule has 0 aliphatic rings. The topological polar surface area (TPSA) is 0 Å². The molecule has 0 unspecified atom stereocenters. The minimum absolute atomic E-state index is 0. The van der Waals surface area contributed by atoms with Crippen molar-refractivity contribution >= 4 is 0 Å². The van der Waals surface area contributed by atoms with E-state index in [4.69, 9.17) is 0 Å². The Kier molecular flexibility index (Phi) is 165000. The third-order valence-electron chi connectivity index (χ3n) is 0. The lowest BCUT2D eigenvalue weighted by molar-refractivity contribution is -0.00100. The summed E-state index contributed by atoms with van der Waals surface area (Å²) in [7, 11) is 0. The van der Waals surface area contributed by atoms with Gasteiger partial charge in [-0.25, -0.2) is 0 Å². The predicted octanol–water partition coefficient (Wildman–Crippen LogP) is -11.3. The van der Waals surface area contributed by atoms with E-state index >= 15 is 0 Å². The first-order valence-electron chi connectivity index (χ1n) is 0. The standard InChI is InChI=1S/CH4.BrH.3FH/h1H4;4*1H/p-4. The molecule has 0 saturated heterocycles. The van der Waals surface area contributed by atoms with Crippen molar-refractivity contribution < 1.29 is 31.1 Å². The van der Waals surface area contributed by atoms with E-state index < -0.39 is 0 Å². The maximum absolute atomic E-state index is 0. The quantitative estimate of drug-likeness (QED) is 0.324. The van der Waals surface area contributed by atoms with Crippen molar-refractivity contribution in [3.8, 4) is 0 Å². The SMILES string of the molecule is C.[Br-].[F-].[F-].[F-]. The van der Waals surface area contributed by atoms with Crippen LogP contribution >= 0.6 is 0 Å². The molecule has 40 valence electrons. The molecule has 0 aromatic heterocycles. The molecule has 0 rings (SSSR count). The van der Waals surface area contributed by atoms with E-state index in [2.05, 4.69) is 0 Å². The van der Waals surface area contributed by atoms with E-state index in [-0.39, 0.29) is 38.5 Å². The number of hydrogen-bond acceptors (Lipinski definition) is 0. The molecule has 0 radical (unpaired) electrons. The highest BCUT2D eigenvalue weighted by Gasteiger charge is -0.0776. The van der Waals surface area contributed by atoms with Gasteiger partial charge in [0.25, 0.3) is 0 Å². The zero-order valence-corrected chi connectivity index (χ0v) is 3.10. The van der Waals surface area contributed by atoms with Gasteiger partial charge in [0.15, 0.2) is 0 Å². The molecule has 0 atom stereocenters. The Hall–Kier alpha value is 0.270. The molecule has 0 heterocycles. The van der Waals surface area contributed by atoms with Crippen LogP contribution < -0.4 is 31.1 Å². The Morgan fingerprint density at radius 1 is 0.600 bits per heavy atom. The Bertz CT molecular complexity index is 6.85. The van der Waals surface area contributed by atoms with E-state index in [0.717, 1.165) is 0 Å². The van der Waals surface area contributed by atoms with Crippen molar-refractivity contribution in [2.45, 2.75) is 7.43 Å². The molecule has 0 bridgehead atoms. The molecule has 0 amide bonds. The molecule has 0 aliphatic heterocycles. The summed E-state index contributed by atoms with van der Waals surface area (Å²) in [4.78, 5) is 0. The van der Waals surface area contributed by atoms with Gasteiger partial charge >= 0.3 is 0 Å². The van der Waals surface area contributed by atoms with Crippen LogP contribution in [-0.4, -0.2) is 0 Å². The first-order valence-corrected chi connectivity index (χ1v) is 0. The normalized spacial score (nSPS) is 0. The maximum Gasteiger partial charge on any atom is -0.0776 e. The fraction of sp³-hybridized carbons (Fsp3) is 1.00. The number of halogens is 4. The molecular formula is CH4BrF3-4. The van der Waals surface area contributed by atoms with Gasteiger partial charge in [-0.05, 0) is 0 Å². The van der Waals surface area contributed by atoms with E-state index in [1.165, 1.54) is 0 Å². The molecule has 0 N–H and O–H groups in total. The maximum atomic E-state index is 0. The third-order valence-corrected chi connectivity index (χ3v) is 0. The van der Waals surface area contributed by atoms with E-state index in [1.54, 1.807) is 0 Å². The zero-order chi connectivity index (χ0) is 0. The summed E-state index contributed by atoms with van der Waals surface area (Å²) in [6.07, 6.45) is 0. The molecule has 0 saturated carbocycles. The molecule has 4 heteroatoms. The summed E-state index contributed by atoms with van der Waals surface area (Å²) in [6.45, 7) is 0. The molecule has 5 heavy (non-hydrogen) atoms. The molecule has 0 fully saturated rings. The monoisotopic (exact) mass is 152 g/mol. The van der Waals surface area contributed by atoms with Gasteiger partial charge in [-0.15, -0.1) is 0 Å². The number of rotatable bonds is 0. The van der Waals surface area contributed by atoms with Crippen molar-refractivity contribution in [3.63, 3.8) is 0 Å². The molecule has 0 nitrogen and oxygen atoms in total. The van der Waals surface area contributed by atoms with Crippen LogP contribution in [0, 0.1) is 0 Å². The van der Waals surface area contributed by atoms with Crippen molar-refractivity contribution in [1.82, 2.24) is 0 Å². The lowest BCUT2D eigenvalue weighted by Crippen LogP contribution is -3.00. The second-order valence-electron chi connectivity index (χ2n) is 0. The van der Waals surface area contributed by atoms with Gasteiger partial charge in [0.05, 0.1) is 0 Å². The van der Waals surface area contributed by atoms with Crippen LogP contribution in [0.25, 0.3) is 0 Å². The van der Waals surface area contributed by atoms with Crippen LogP contribution in [0.15, 0.2) is 0 Å². The summed E-state index contributed by atoms with van der Waals surface area (Å²) in [5.74, 6) is 0. The second-order valence-corrected chi connectivity index (χ2v) is 0. The van der Waals surface area contributed by atoms with Crippen molar-refractivity contribution in [2.75, 3.05) is 0 Å². The number of hydrogen-bond donors (Lipinski definition) is 0. The van der Waals surface area contributed by atoms with Gasteiger partial charge in [0.2, 0.25) is 0 Å². The Morgan fingerprint density at radius 3 is 0.600 bits per heavy atom. The average Bonchev–Trinajstić information content (AvgIpc) is 0. The smallest absolute Gasteiger partial charge is 0.0776 e. The summed E-state index contributed by atoms with van der Waals surface area (Å²) in [5.41, 5.74) is 0. The molecular weight excluding hydrogens is 149 g/mol.